The summed E-state index contributed by atoms with van der Waals surface area (Å²) in [4.78, 5) is 25.6. The van der Waals surface area contributed by atoms with Crippen LogP contribution in [0.25, 0.3) is 5.57 Å². The Morgan fingerprint density at radius 2 is 1.96 bits per heavy atom. The second-order valence-corrected chi connectivity index (χ2v) is 6.63. The maximum absolute atomic E-state index is 12.1. The van der Waals surface area contributed by atoms with Crippen LogP contribution in [0.5, 0.6) is 5.75 Å². The van der Waals surface area contributed by atoms with Crippen LogP contribution in [0.15, 0.2) is 24.3 Å². The summed E-state index contributed by atoms with van der Waals surface area (Å²) in [6.45, 7) is 6.35. The van der Waals surface area contributed by atoms with Gasteiger partial charge in [-0.05, 0) is 56.5 Å². The smallest absolute Gasteiger partial charge is 0.410 e. The van der Waals surface area contributed by atoms with E-state index >= 15 is 0 Å². The van der Waals surface area contributed by atoms with Crippen LogP contribution in [0, 0.1) is 0 Å². The second-order valence-electron chi connectivity index (χ2n) is 6.63. The summed E-state index contributed by atoms with van der Waals surface area (Å²) in [5.74, 6) is -0.381. The van der Waals surface area contributed by atoms with Crippen LogP contribution in [0.2, 0.25) is 0 Å². The number of rotatable bonds is 2. The van der Waals surface area contributed by atoms with E-state index in [1.54, 1.807) is 11.0 Å². The number of hydrogen-bond acceptors (Lipinski definition) is 5. The van der Waals surface area contributed by atoms with Crippen molar-refractivity contribution in [3.63, 3.8) is 0 Å². The van der Waals surface area contributed by atoms with Crippen LogP contribution < -0.4 is 0 Å². The summed E-state index contributed by atoms with van der Waals surface area (Å²) in [5.41, 5.74) is 1.38. The molecule has 2 rings (SSSR count). The van der Waals surface area contributed by atoms with Crippen molar-refractivity contribution >= 4 is 17.6 Å². The number of hydrogen-bond donors (Lipinski definition) is 1. The Bertz CT molecular complexity index is 672. The van der Waals surface area contributed by atoms with Crippen LogP contribution >= 0.6 is 0 Å². The molecule has 0 aliphatic carbocycles. The molecule has 1 aliphatic heterocycles. The first-order valence-corrected chi connectivity index (χ1v) is 7.80. The molecule has 1 heterocycles. The standard InChI is InChI=1S/C18H23NO5/c1-18(2,3)24-17(22)19-9-7-12(8-10-19)15-11-13(20)5-6-14(15)16(21)23-4/h5-7,11,20H,8-10H2,1-4H3. The van der Waals surface area contributed by atoms with Gasteiger partial charge >= 0.3 is 12.1 Å². The first kappa shape index (κ1) is 17.8. The highest BCUT2D eigenvalue weighted by Crippen LogP contribution is 2.29. The molecule has 0 spiro atoms. The molecule has 0 saturated carbocycles. The molecule has 130 valence electrons. The van der Waals surface area contributed by atoms with E-state index in [9.17, 15) is 14.7 Å². The Hall–Kier alpha value is -2.50. The van der Waals surface area contributed by atoms with Gasteiger partial charge in [0.15, 0.2) is 0 Å². The molecule has 24 heavy (non-hydrogen) atoms. The molecule has 0 atom stereocenters. The van der Waals surface area contributed by atoms with Gasteiger partial charge < -0.3 is 19.5 Å². The van der Waals surface area contributed by atoms with Crippen LogP contribution in [0.1, 0.15) is 43.1 Å². The highest BCUT2D eigenvalue weighted by Gasteiger charge is 2.25. The predicted octanol–water partition coefficient (Wildman–Crippen LogP) is 3.20. The number of methoxy groups -OCH3 is 1. The third-order valence-corrected chi connectivity index (χ3v) is 3.62. The van der Waals surface area contributed by atoms with E-state index in [0.29, 0.717) is 30.6 Å². The summed E-state index contributed by atoms with van der Waals surface area (Å²) in [5, 5.41) is 9.73. The van der Waals surface area contributed by atoms with Gasteiger partial charge in [-0.1, -0.05) is 6.08 Å². The molecular weight excluding hydrogens is 310 g/mol. The van der Waals surface area contributed by atoms with E-state index in [0.717, 1.165) is 5.57 Å². The first-order chi connectivity index (χ1) is 11.2. The fourth-order valence-electron chi connectivity index (χ4n) is 2.49. The van der Waals surface area contributed by atoms with E-state index in [2.05, 4.69) is 0 Å². The van der Waals surface area contributed by atoms with Gasteiger partial charge in [-0.3, -0.25) is 0 Å². The minimum Gasteiger partial charge on any atom is -0.508 e. The number of ether oxygens (including phenoxy) is 2. The van der Waals surface area contributed by atoms with Gasteiger partial charge in [-0.2, -0.15) is 0 Å². The molecule has 1 amide bonds. The average molecular weight is 333 g/mol. The second kappa shape index (κ2) is 6.95. The highest BCUT2D eigenvalue weighted by molar-refractivity contribution is 5.96. The van der Waals surface area contributed by atoms with Crippen LogP contribution in [0.4, 0.5) is 4.79 Å². The summed E-state index contributed by atoms with van der Waals surface area (Å²) in [6.07, 6.45) is 2.07. The molecule has 0 saturated heterocycles. The molecule has 0 bridgehead atoms. The van der Waals surface area contributed by atoms with Gasteiger partial charge in [0.05, 0.1) is 12.7 Å². The minimum atomic E-state index is -0.537. The molecule has 1 aromatic carbocycles. The van der Waals surface area contributed by atoms with Crippen molar-refractivity contribution in [2.75, 3.05) is 20.2 Å². The maximum atomic E-state index is 12.1. The number of carbonyl (C=O) groups excluding carboxylic acids is 2. The van der Waals surface area contributed by atoms with Gasteiger partial charge in [-0.25, -0.2) is 9.59 Å². The van der Waals surface area contributed by atoms with Crippen molar-refractivity contribution in [2.45, 2.75) is 32.8 Å². The number of aromatic hydroxyl groups is 1. The van der Waals surface area contributed by atoms with Crippen molar-refractivity contribution in [3.05, 3.63) is 35.4 Å². The number of benzene rings is 1. The molecule has 1 aromatic rings. The Morgan fingerprint density at radius 1 is 1.25 bits per heavy atom. The topological polar surface area (TPSA) is 76.1 Å². The normalized spacial score (nSPS) is 14.8. The van der Waals surface area contributed by atoms with Gasteiger partial charge in [0.2, 0.25) is 0 Å². The molecule has 1 N–H and O–H groups in total. The molecule has 0 fully saturated rings. The van der Waals surface area contributed by atoms with Crippen LogP contribution in [-0.4, -0.2) is 47.9 Å². The predicted molar refractivity (Wildman–Crippen MR) is 89.8 cm³/mol. The molecule has 6 nitrogen and oxygen atoms in total. The maximum Gasteiger partial charge on any atom is 0.410 e. The zero-order valence-corrected chi connectivity index (χ0v) is 14.5. The van der Waals surface area contributed by atoms with Gasteiger partial charge in [0.1, 0.15) is 11.4 Å². The number of nitrogens with zero attached hydrogens (tertiary/aromatic N) is 1. The van der Waals surface area contributed by atoms with E-state index < -0.39 is 11.6 Å². The lowest BCUT2D eigenvalue weighted by Crippen LogP contribution is -2.39. The van der Waals surface area contributed by atoms with Crippen molar-refractivity contribution in [1.29, 1.82) is 0 Å². The number of phenols is 1. The molecule has 0 radical (unpaired) electrons. The van der Waals surface area contributed by atoms with Crippen LogP contribution in [0.3, 0.4) is 0 Å². The summed E-state index contributed by atoms with van der Waals surface area (Å²) < 4.78 is 10.1. The first-order valence-electron chi connectivity index (χ1n) is 7.80. The number of amides is 1. The zero-order chi connectivity index (χ0) is 17.9. The third kappa shape index (κ3) is 4.28. The fourth-order valence-corrected chi connectivity index (χ4v) is 2.49. The van der Waals surface area contributed by atoms with Crippen LogP contribution in [-0.2, 0) is 9.47 Å². The summed E-state index contributed by atoms with van der Waals surface area (Å²) in [7, 11) is 1.32. The summed E-state index contributed by atoms with van der Waals surface area (Å²) >= 11 is 0. The molecule has 0 aromatic heterocycles. The lowest BCUT2D eigenvalue weighted by atomic mass is 9.94. The number of phenolic OH excluding ortho intramolecular Hbond substituents is 1. The summed E-state index contributed by atoms with van der Waals surface area (Å²) in [6, 6.07) is 4.53. The van der Waals surface area contributed by atoms with Crippen molar-refractivity contribution in [2.24, 2.45) is 0 Å². The Morgan fingerprint density at radius 3 is 2.50 bits per heavy atom. The Balaban J connectivity index is 2.20. The largest absolute Gasteiger partial charge is 0.508 e. The van der Waals surface area contributed by atoms with Gasteiger partial charge in [0, 0.05) is 13.1 Å². The quantitative estimate of drug-likeness (QED) is 0.841. The SMILES string of the molecule is COC(=O)c1ccc(O)cc1C1=CCN(C(=O)OC(C)(C)C)CC1. The lowest BCUT2D eigenvalue weighted by molar-refractivity contribution is 0.0270. The zero-order valence-electron chi connectivity index (χ0n) is 14.5. The lowest BCUT2D eigenvalue weighted by Gasteiger charge is -2.30. The van der Waals surface area contributed by atoms with Gasteiger partial charge in [-0.15, -0.1) is 0 Å². The monoisotopic (exact) mass is 333 g/mol. The van der Waals surface area contributed by atoms with E-state index in [1.165, 1.54) is 19.2 Å². The molecular formula is C18H23NO5. The number of carbonyl (C=O) groups is 2. The van der Waals surface area contributed by atoms with E-state index in [1.807, 2.05) is 26.8 Å². The average Bonchev–Trinajstić information content (AvgIpc) is 2.52. The van der Waals surface area contributed by atoms with E-state index in [-0.39, 0.29) is 11.8 Å². The Kier molecular flexibility index (Phi) is 5.17. The highest BCUT2D eigenvalue weighted by atomic mass is 16.6. The van der Waals surface area contributed by atoms with Crippen molar-refractivity contribution < 1.29 is 24.2 Å². The fraction of sp³-hybridized carbons (Fsp3) is 0.444. The van der Waals surface area contributed by atoms with Crippen molar-refractivity contribution in [1.82, 2.24) is 4.90 Å². The molecule has 6 heteroatoms. The minimum absolute atomic E-state index is 0.0770. The van der Waals surface area contributed by atoms with E-state index in [4.69, 9.17) is 9.47 Å². The third-order valence-electron chi connectivity index (χ3n) is 3.62. The molecule has 1 aliphatic rings. The number of esters is 1. The molecule has 0 unspecified atom stereocenters. The van der Waals surface area contributed by atoms with Crippen molar-refractivity contribution in [3.8, 4) is 5.75 Å². The van der Waals surface area contributed by atoms with Gasteiger partial charge in [0.25, 0.3) is 0 Å². The Labute approximate surface area is 141 Å².